The molecule has 5 heteroatoms. The SMILES string of the molecule is CN(C)C(=NCc1ccc(Br)cc1)N(C)C.I. The van der Waals surface area contributed by atoms with Crippen LogP contribution in [0.5, 0.6) is 0 Å². The predicted octanol–water partition coefficient (Wildman–Crippen LogP) is 3.05. The van der Waals surface area contributed by atoms with Gasteiger partial charge in [-0.3, -0.25) is 0 Å². The molecular formula is C12H19BrIN3. The average molecular weight is 412 g/mol. The second-order valence-electron chi connectivity index (χ2n) is 4.03. The minimum atomic E-state index is 0. The third kappa shape index (κ3) is 5.72. The maximum atomic E-state index is 4.58. The number of aliphatic imine (C=N–C) groups is 1. The molecule has 0 spiro atoms. The van der Waals surface area contributed by atoms with Gasteiger partial charge >= 0.3 is 0 Å². The number of halogens is 2. The number of rotatable bonds is 2. The van der Waals surface area contributed by atoms with E-state index in [4.69, 9.17) is 0 Å². The maximum absolute atomic E-state index is 4.58. The van der Waals surface area contributed by atoms with Crippen LogP contribution in [0.4, 0.5) is 0 Å². The summed E-state index contributed by atoms with van der Waals surface area (Å²) < 4.78 is 1.10. The molecule has 96 valence electrons. The molecule has 0 aliphatic heterocycles. The zero-order chi connectivity index (χ0) is 12.1. The topological polar surface area (TPSA) is 18.8 Å². The van der Waals surface area contributed by atoms with Gasteiger partial charge in [0.25, 0.3) is 0 Å². The molecule has 1 rings (SSSR count). The first-order valence-corrected chi connectivity index (χ1v) is 5.93. The second-order valence-corrected chi connectivity index (χ2v) is 4.95. The summed E-state index contributed by atoms with van der Waals surface area (Å²) in [5, 5.41) is 0. The quantitative estimate of drug-likeness (QED) is 0.423. The van der Waals surface area contributed by atoms with Crippen LogP contribution in [-0.4, -0.2) is 44.0 Å². The third-order valence-corrected chi connectivity index (χ3v) is 2.64. The fourth-order valence-corrected chi connectivity index (χ4v) is 1.70. The minimum absolute atomic E-state index is 0. The predicted molar refractivity (Wildman–Crippen MR) is 88.1 cm³/mol. The van der Waals surface area contributed by atoms with Gasteiger partial charge in [0.2, 0.25) is 0 Å². The van der Waals surface area contributed by atoms with E-state index in [1.807, 2.05) is 50.1 Å². The molecule has 0 unspecified atom stereocenters. The van der Waals surface area contributed by atoms with E-state index in [0.29, 0.717) is 6.54 Å². The molecule has 17 heavy (non-hydrogen) atoms. The van der Waals surface area contributed by atoms with E-state index in [-0.39, 0.29) is 24.0 Å². The highest BCUT2D eigenvalue weighted by atomic mass is 127. The van der Waals surface area contributed by atoms with Gasteiger partial charge in [-0.1, -0.05) is 28.1 Å². The van der Waals surface area contributed by atoms with Crippen LogP contribution in [0.2, 0.25) is 0 Å². The fourth-order valence-electron chi connectivity index (χ4n) is 1.43. The molecular weight excluding hydrogens is 393 g/mol. The maximum Gasteiger partial charge on any atom is 0.195 e. The van der Waals surface area contributed by atoms with Crippen LogP contribution >= 0.6 is 39.9 Å². The van der Waals surface area contributed by atoms with Gasteiger partial charge in [0.05, 0.1) is 6.54 Å². The Balaban J connectivity index is 0.00000256. The van der Waals surface area contributed by atoms with Crippen LogP contribution in [0.3, 0.4) is 0 Å². The van der Waals surface area contributed by atoms with Crippen LogP contribution in [-0.2, 0) is 6.54 Å². The summed E-state index contributed by atoms with van der Waals surface area (Å²) in [5.74, 6) is 0.975. The molecule has 0 aliphatic rings. The summed E-state index contributed by atoms with van der Waals surface area (Å²) in [6, 6.07) is 8.23. The van der Waals surface area contributed by atoms with Crippen LogP contribution < -0.4 is 0 Å². The number of nitrogens with zero attached hydrogens (tertiary/aromatic N) is 3. The zero-order valence-corrected chi connectivity index (χ0v) is 14.6. The Morgan fingerprint density at radius 1 is 1.06 bits per heavy atom. The van der Waals surface area contributed by atoms with E-state index in [2.05, 4.69) is 33.1 Å². The lowest BCUT2D eigenvalue weighted by Crippen LogP contribution is -2.35. The summed E-state index contributed by atoms with van der Waals surface area (Å²) >= 11 is 3.42. The van der Waals surface area contributed by atoms with Crippen LogP contribution in [0, 0.1) is 0 Å². The van der Waals surface area contributed by atoms with Crippen molar-refractivity contribution in [2.75, 3.05) is 28.2 Å². The molecule has 0 fully saturated rings. The number of hydrogen-bond acceptors (Lipinski definition) is 1. The van der Waals surface area contributed by atoms with Gasteiger partial charge in [0.1, 0.15) is 0 Å². The molecule has 1 aromatic carbocycles. The normalized spacial score (nSPS) is 9.24. The van der Waals surface area contributed by atoms with Crippen LogP contribution in [0.25, 0.3) is 0 Å². The van der Waals surface area contributed by atoms with E-state index in [1.54, 1.807) is 0 Å². The number of guanidine groups is 1. The van der Waals surface area contributed by atoms with Crippen LogP contribution in [0.15, 0.2) is 33.7 Å². The van der Waals surface area contributed by atoms with E-state index < -0.39 is 0 Å². The summed E-state index contributed by atoms with van der Waals surface area (Å²) in [4.78, 5) is 8.60. The Morgan fingerprint density at radius 2 is 1.53 bits per heavy atom. The van der Waals surface area contributed by atoms with Gasteiger partial charge in [0, 0.05) is 32.7 Å². The largest absolute Gasteiger partial charge is 0.349 e. The molecule has 0 N–H and O–H groups in total. The Labute approximate surface area is 129 Å². The number of benzene rings is 1. The summed E-state index contributed by atoms with van der Waals surface area (Å²) in [6.07, 6.45) is 0. The van der Waals surface area contributed by atoms with E-state index in [9.17, 15) is 0 Å². The van der Waals surface area contributed by atoms with E-state index in [0.717, 1.165) is 10.4 Å². The average Bonchev–Trinajstić information content (AvgIpc) is 2.20. The second kappa shape index (κ2) is 7.92. The van der Waals surface area contributed by atoms with Crippen molar-refractivity contribution in [3.63, 3.8) is 0 Å². The monoisotopic (exact) mass is 411 g/mol. The van der Waals surface area contributed by atoms with Crippen molar-refractivity contribution < 1.29 is 0 Å². The lowest BCUT2D eigenvalue weighted by molar-refractivity contribution is 0.479. The Bertz CT molecular complexity index is 351. The van der Waals surface area contributed by atoms with Crippen molar-refractivity contribution in [3.8, 4) is 0 Å². The van der Waals surface area contributed by atoms with Gasteiger partial charge in [-0.15, -0.1) is 24.0 Å². The Morgan fingerprint density at radius 3 is 1.94 bits per heavy atom. The molecule has 3 nitrogen and oxygen atoms in total. The minimum Gasteiger partial charge on any atom is -0.349 e. The van der Waals surface area contributed by atoms with Crippen molar-refractivity contribution in [2.45, 2.75) is 6.54 Å². The summed E-state index contributed by atoms with van der Waals surface area (Å²) in [5.41, 5.74) is 1.21. The van der Waals surface area contributed by atoms with Gasteiger partial charge < -0.3 is 9.80 Å². The van der Waals surface area contributed by atoms with Crippen LogP contribution in [0.1, 0.15) is 5.56 Å². The Hall–Kier alpha value is -0.300. The van der Waals surface area contributed by atoms with Gasteiger partial charge in [-0.05, 0) is 17.7 Å². The summed E-state index contributed by atoms with van der Waals surface area (Å²) in [7, 11) is 8.00. The third-order valence-electron chi connectivity index (χ3n) is 2.12. The molecule has 1 aromatic rings. The van der Waals surface area contributed by atoms with E-state index in [1.165, 1.54) is 5.56 Å². The first kappa shape index (κ1) is 16.7. The smallest absolute Gasteiger partial charge is 0.195 e. The standard InChI is InChI=1S/C12H18BrN3.HI/c1-15(2)12(16(3)4)14-9-10-5-7-11(13)8-6-10;/h5-8H,9H2,1-4H3;1H. The molecule has 0 aromatic heterocycles. The number of hydrogen-bond donors (Lipinski definition) is 0. The van der Waals surface area contributed by atoms with E-state index >= 15 is 0 Å². The highest BCUT2D eigenvalue weighted by Gasteiger charge is 2.03. The molecule has 0 heterocycles. The lowest BCUT2D eigenvalue weighted by atomic mass is 10.2. The van der Waals surface area contributed by atoms with Crippen molar-refractivity contribution in [1.29, 1.82) is 0 Å². The van der Waals surface area contributed by atoms with Gasteiger partial charge in [0.15, 0.2) is 5.96 Å². The molecule has 0 saturated carbocycles. The fraction of sp³-hybridized carbons (Fsp3) is 0.417. The molecule has 0 atom stereocenters. The highest BCUT2D eigenvalue weighted by molar-refractivity contribution is 14.0. The zero-order valence-electron chi connectivity index (χ0n) is 10.6. The Kier molecular flexibility index (Phi) is 7.78. The first-order chi connectivity index (χ1) is 7.50. The lowest BCUT2D eigenvalue weighted by Gasteiger charge is -2.22. The molecule has 0 aliphatic carbocycles. The highest BCUT2D eigenvalue weighted by Crippen LogP contribution is 2.11. The van der Waals surface area contributed by atoms with Crippen molar-refractivity contribution in [2.24, 2.45) is 4.99 Å². The summed E-state index contributed by atoms with van der Waals surface area (Å²) in [6.45, 7) is 0.707. The van der Waals surface area contributed by atoms with Gasteiger partial charge in [-0.25, -0.2) is 4.99 Å². The molecule has 0 bridgehead atoms. The first-order valence-electron chi connectivity index (χ1n) is 5.14. The van der Waals surface area contributed by atoms with Crippen molar-refractivity contribution in [1.82, 2.24) is 9.80 Å². The van der Waals surface area contributed by atoms with Gasteiger partial charge in [-0.2, -0.15) is 0 Å². The van der Waals surface area contributed by atoms with Crippen molar-refractivity contribution >= 4 is 45.9 Å². The molecule has 0 saturated heterocycles. The molecule has 0 amide bonds. The van der Waals surface area contributed by atoms with Crippen molar-refractivity contribution in [3.05, 3.63) is 34.3 Å². The molecule has 0 radical (unpaired) electrons.